The third-order valence-corrected chi connectivity index (χ3v) is 3.81. The van der Waals surface area contributed by atoms with E-state index < -0.39 is 0 Å². The summed E-state index contributed by atoms with van der Waals surface area (Å²) in [5.74, 6) is 0. The fourth-order valence-corrected chi connectivity index (χ4v) is 2.84. The van der Waals surface area contributed by atoms with Crippen molar-refractivity contribution >= 4 is 11.7 Å². The first-order valence-electron chi connectivity index (χ1n) is 6.07. The van der Waals surface area contributed by atoms with Crippen molar-refractivity contribution in [2.75, 3.05) is 6.61 Å². The Morgan fingerprint density at radius 3 is 3.17 bits per heavy atom. The van der Waals surface area contributed by atoms with Gasteiger partial charge in [-0.2, -0.15) is 8.75 Å². The zero-order valence-corrected chi connectivity index (χ0v) is 10.8. The molecular formula is C13H15N3OS. The van der Waals surface area contributed by atoms with Gasteiger partial charge in [0.05, 0.1) is 42.4 Å². The predicted octanol–water partition coefficient (Wildman–Crippen LogP) is 2.24. The van der Waals surface area contributed by atoms with Gasteiger partial charge in [-0.1, -0.05) is 24.3 Å². The number of nitrogens with two attached hydrogens (primary N) is 1. The summed E-state index contributed by atoms with van der Waals surface area (Å²) in [4.78, 5) is 0. The molecule has 0 saturated carbocycles. The van der Waals surface area contributed by atoms with Crippen LogP contribution < -0.4 is 5.73 Å². The number of rotatable bonds is 3. The van der Waals surface area contributed by atoms with E-state index in [0.717, 1.165) is 25.1 Å². The lowest BCUT2D eigenvalue weighted by Gasteiger charge is -2.27. The number of hydrogen-bond acceptors (Lipinski definition) is 5. The molecule has 0 radical (unpaired) electrons. The summed E-state index contributed by atoms with van der Waals surface area (Å²) in [5.41, 5.74) is 9.64. The van der Waals surface area contributed by atoms with Gasteiger partial charge in [0.1, 0.15) is 0 Å². The maximum absolute atomic E-state index is 6.15. The fraction of sp³-hybridized carbons (Fsp3) is 0.385. The van der Waals surface area contributed by atoms with Crippen LogP contribution >= 0.6 is 11.7 Å². The van der Waals surface area contributed by atoms with Crippen LogP contribution in [0.1, 0.15) is 35.4 Å². The van der Waals surface area contributed by atoms with Crippen molar-refractivity contribution in [3.63, 3.8) is 0 Å². The number of aromatic nitrogens is 2. The van der Waals surface area contributed by atoms with E-state index in [1.54, 1.807) is 6.20 Å². The van der Waals surface area contributed by atoms with E-state index in [1.165, 1.54) is 22.9 Å². The van der Waals surface area contributed by atoms with Crippen LogP contribution in [0.15, 0.2) is 30.5 Å². The van der Waals surface area contributed by atoms with E-state index in [9.17, 15) is 0 Å². The minimum atomic E-state index is -0.111. The molecule has 5 heteroatoms. The average Bonchev–Trinajstić information content (AvgIpc) is 2.93. The summed E-state index contributed by atoms with van der Waals surface area (Å²) in [7, 11) is 0. The van der Waals surface area contributed by atoms with Gasteiger partial charge in [0.15, 0.2) is 0 Å². The van der Waals surface area contributed by atoms with Crippen LogP contribution in [-0.2, 0) is 11.2 Å². The fourth-order valence-electron chi connectivity index (χ4n) is 2.36. The van der Waals surface area contributed by atoms with E-state index in [4.69, 9.17) is 10.5 Å². The van der Waals surface area contributed by atoms with Gasteiger partial charge in [0.25, 0.3) is 0 Å². The van der Waals surface area contributed by atoms with E-state index in [2.05, 4.69) is 33.0 Å². The van der Waals surface area contributed by atoms with E-state index in [1.807, 2.05) is 0 Å². The van der Waals surface area contributed by atoms with Gasteiger partial charge < -0.3 is 10.5 Å². The molecule has 18 heavy (non-hydrogen) atoms. The highest BCUT2D eigenvalue weighted by Gasteiger charge is 2.24. The molecule has 1 aromatic carbocycles. The maximum Gasteiger partial charge on any atom is 0.0911 e. The molecule has 0 saturated heterocycles. The summed E-state index contributed by atoms with van der Waals surface area (Å²) < 4.78 is 14.0. The molecule has 2 aromatic rings. The van der Waals surface area contributed by atoms with Gasteiger partial charge in [-0.25, -0.2) is 0 Å². The van der Waals surface area contributed by atoms with Crippen LogP contribution in [0.25, 0.3) is 0 Å². The minimum Gasteiger partial charge on any atom is -0.373 e. The largest absolute Gasteiger partial charge is 0.373 e. The van der Waals surface area contributed by atoms with Crippen molar-refractivity contribution in [3.05, 3.63) is 47.3 Å². The molecule has 2 N–H and O–H groups in total. The molecule has 2 heterocycles. The number of hydrogen-bond donors (Lipinski definition) is 1. The Morgan fingerprint density at radius 1 is 1.44 bits per heavy atom. The molecule has 1 aliphatic heterocycles. The normalized spacial score (nSPS) is 20.4. The van der Waals surface area contributed by atoms with Crippen LogP contribution in [0.4, 0.5) is 0 Å². The van der Waals surface area contributed by atoms with Crippen LogP contribution in [0, 0.1) is 0 Å². The lowest BCUT2D eigenvalue weighted by atomic mass is 9.93. The second-order valence-electron chi connectivity index (χ2n) is 4.48. The molecule has 2 atom stereocenters. The van der Waals surface area contributed by atoms with Gasteiger partial charge in [-0.05, 0) is 24.0 Å². The summed E-state index contributed by atoms with van der Waals surface area (Å²) in [6.07, 6.45) is 3.55. The monoisotopic (exact) mass is 261 g/mol. The van der Waals surface area contributed by atoms with Crippen molar-refractivity contribution < 1.29 is 4.74 Å². The Kier molecular flexibility index (Phi) is 3.36. The predicted molar refractivity (Wildman–Crippen MR) is 70.3 cm³/mol. The quantitative estimate of drug-likeness (QED) is 0.920. The minimum absolute atomic E-state index is 0.0756. The lowest BCUT2D eigenvalue weighted by Crippen LogP contribution is -2.21. The van der Waals surface area contributed by atoms with Crippen molar-refractivity contribution in [1.82, 2.24) is 8.75 Å². The molecule has 0 bridgehead atoms. The highest BCUT2D eigenvalue weighted by molar-refractivity contribution is 6.99. The van der Waals surface area contributed by atoms with E-state index >= 15 is 0 Å². The molecule has 0 fully saturated rings. The Morgan fingerprint density at radius 2 is 2.33 bits per heavy atom. The Labute approximate surface area is 110 Å². The van der Waals surface area contributed by atoms with Crippen LogP contribution in [0.2, 0.25) is 0 Å². The van der Waals surface area contributed by atoms with Gasteiger partial charge in [-0.3, -0.25) is 0 Å². The zero-order chi connectivity index (χ0) is 12.4. The van der Waals surface area contributed by atoms with Crippen LogP contribution in [0.5, 0.6) is 0 Å². The number of fused-ring (bicyclic) bond motifs is 1. The topological polar surface area (TPSA) is 61.0 Å². The molecule has 4 nitrogen and oxygen atoms in total. The van der Waals surface area contributed by atoms with Gasteiger partial charge in [-0.15, -0.1) is 0 Å². The van der Waals surface area contributed by atoms with Crippen LogP contribution in [-0.4, -0.2) is 15.4 Å². The molecule has 2 unspecified atom stereocenters. The number of ether oxygens (including phenoxy) is 1. The average molecular weight is 261 g/mol. The highest BCUT2D eigenvalue weighted by atomic mass is 32.1. The molecule has 1 aromatic heterocycles. The molecule has 94 valence electrons. The summed E-state index contributed by atoms with van der Waals surface area (Å²) >= 11 is 1.19. The smallest absolute Gasteiger partial charge is 0.0911 e. The standard InChI is InChI=1S/C13H15N3OS/c14-11(12-8-15-18-16-12)7-13-10-4-2-1-3-9(10)5-6-17-13/h1-4,8,11,13H,5-7,14H2. The second-order valence-corrected chi connectivity index (χ2v) is 5.04. The molecular weight excluding hydrogens is 246 g/mol. The van der Waals surface area contributed by atoms with Crippen molar-refractivity contribution in [1.29, 1.82) is 0 Å². The highest BCUT2D eigenvalue weighted by Crippen LogP contribution is 2.32. The second kappa shape index (κ2) is 5.14. The van der Waals surface area contributed by atoms with Crippen molar-refractivity contribution in [2.45, 2.75) is 25.0 Å². The SMILES string of the molecule is NC(CC1OCCc2ccccc21)c1cnsn1. The van der Waals surface area contributed by atoms with Gasteiger partial charge in [0, 0.05) is 0 Å². The first-order chi connectivity index (χ1) is 8.84. The first-order valence-corrected chi connectivity index (χ1v) is 6.80. The van der Waals surface area contributed by atoms with Crippen LogP contribution in [0.3, 0.4) is 0 Å². The Balaban J connectivity index is 1.78. The first kappa shape index (κ1) is 11.8. The number of benzene rings is 1. The molecule has 0 amide bonds. The van der Waals surface area contributed by atoms with Crippen molar-refractivity contribution in [3.8, 4) is 0 Å². The third-order valence-electron chi connectivity index (χ3n) is 3.32. The Bertz CT molecular complexity index is 515. The zero-order valence-electron chi connectivity index (χ0n) is 9.95. The summed E-state index contributed by atoms with van der Waals surface area (Å²) in [5, 5.41) is 0. The molecule has 1 aliphatic rings. The molecule has 3 rings (SSSR count). The van der Waals surface area contributed by atoms with Gasteiger partial charge >= 0.3 is 0 Å². The Hall–Kier alpha value is -1.30. The molecule has 0 aliphatic carbocycles. The summed E-state index contributed by atoms with van der Waals surface area (Å²) in [6.45, 7) is 0.768. The lowest BCUT2D eigenvalue weighted by molar-refractivity contribution is 0.0318. The van der Waals surface area contributed by atoms with E-state index in [-0.39, 0.29) is 12.1 Å². The van der Waals surface area contributed by atoms with Crippen molar-refractivity contribution in [2.24, 2.45) is 5.73 Å². The third kappa shape index (κ3) is 2.29. The summed E-state index contributed by atoms with van der Waals surface area (Å²) in [6, 6.07) is 8.31. The number of nitrogens with zero attached hydrogens (tertiary/aromatic N) is 2. The van der Waals surface area contributed by atoms with Gasteiger partial charge in [0.2, 0.25) is 0 Å². The molecule has 0 spiro atoms. The van der Waals surface area contributed by atoms with E-state index in [0.29, 0.717) is 0 Å². The maximum atomic E-state index is 6.15.